The standard InChI is InChI=1S/C19H33N3O3S.HI/c1-6-20-19(22-16(4)11-12-26(5,23)24)21-13-17-9-7-8-10-18(17)25-14-15(2)3;/h7-10,15-16H,6,11-14H2,1-5H3,(H2,20,21,22);1H. The Balaban J connectivity index is 0.00000676. The van der Waals surface area contributed by atoms with Gasteiger partial charge in [0.25, 0.3) is 0 Å². The number of hydrogen-bond acceptors (Lipinski definition) is 4. The maximum Gasteiger partial charge on any atom is 0.191 e. The number of ether oxygens (including phenoxy) is 1. The number of halogens is 1. The molecule has 0 radical (unpaired) electrons. The highest BCUT2D eigenvalue weighted by atomic mass is 127. The number of para-hydroxylation sites is 1. The van der Waals surface area contributed by atoms with Crippen LogP contribution in [0.5, 0.6) is 5.75 Å². The summed E-state index contributed by atoms with van der Waals surface area (Å²) in [6, 6.07) is 7.91. The summed E-state index contributed by atoms with van der Waals surface area (Å²) in [5, 5.41) is 6.46. The number of nitrogens with zero attached hydrogens (tertiary/aromatic N) is 1. The number of hydrogen-bond donors (Lipinski definition) is 2. The van der Waals surface area contributed by atoms with Crippen molar-refractivity contribution in [1.82, 2.24) is 10.6 Å². The molecular formula is C19H34IN3O3S. The van der Waals surface area contributed by atoms with Gasteiger partial charge in [0.1, 0.15) is 15.6 Å². The highest BCUT2D eigenvalue weighted by molar-refractivity contribution is 14.0. The molecule has 0 saturated heterocycles. The van der Waals surface area contributed by atoms with E-state index < -0.39 is 9.84 Å². The van der Waals surface area contributed by atoms with Gasteiger partial charge in [-0.3, -0.25) is 0 Å². The zero-order chi connectivity index (χ0) is 19.6. The fourth-order valence-electron chi connectivity index (χ4n) is 2.21. The van der Waals surface area contributed by atoms with Gasteiger partial charge in [0.15, 0.2) is 5.96 Å². The van der Waals surface area contributed by atoms with Crippen LogP contribution < -0.4 is 15.4 Å². The lowest BCUT2D eigenvalue weighted by atomic mass is 10.2. The van der Waals surface area contributed by atoms with E-state index in [2.05, 4.69) is 29.5 Å². The lowest BCUT2D eigenvalue weighted by molar-refractivity contribution is 0.268. The van der Waals surface area contributed by atoms with Gasteiger partial charge in [0, 0.05) is 24.4 Å². The summed E-state index contributed by atoms with van der Waals surface area (Å²) in [4.78, 5) is 4.62. The van der Waals surface area contributed by atoms with E-state index in [9.17, 15) is 8.42 Å². The first kappa shape index (κ1) is 26.0. The van der Waals surface area contributed by atoms with Gasteiger partial charge in [0.05, 0.1) is 18.9 Å². The van der Waals surface area contributed by atoms with E-state index in [-0.39, 0.29) is 35.8 Å². The van der Waals surface area contributed by atoms with Crippen LogP contribution >= 0.6 is 24.0 Å². The summed E-state index contributed by atoms with van der Waals surface area (Å²) in [5.41, 5.74) is 1.02. The Hall–Kier alpha value is -1.03. The van der Waals surface area contributed by atoms with Crippen LogP contribution in [0.3, 0.4) is 0 Å². The van der Waals surface area contributed by atoms with Crippen LogP contribution in [-0.4, -0.2) is 45.6 Å². The Bertz CT molecular complexity index is 679. The van der Waals surface area contributed by atoms with Crippen molar-refractivity contribution in [1.29, 1.82) is 0 Å². The molecule has 6 nitrogen and oxygen atoms in total. The van der Waals surface area contributed by atoms with Crippen molar-refractivity contribution in [2.75, 3.05) is 25.2 Å². The summed E-state index contributed by atoms with van der Waals surface area (Å²) < 4.78 is 28.5. The molecule has 156 valence electrons. The number of nitrogens with one attached hydrogen (secondary N) is 2. The third-order valence-electron chi connectivity index (χ3n) is 3.60. The van der Waals surface area contributed by atoms with E-state index in [0.717, 1.165) is 17.9 Å². The maximum absolute atomic E-state index is 11.3. The fraction of sp³-hybridized carbons (Fsp3) is 0.632. The molecule has 1 aromatic rings. The molecule has 1 atom stereocenters. The summed E-state index contributed by atoms with van der Waals surface area (Å²) in [6.07, 6.45) is 1.80. The molecule has 0 amide bonds. The van der Waals surface area contributed by atoms with E-state index >= 15 is 0 Å². The van der Waals surface area contributed by atoms with Gasteiger partial charge in [-0.15, -0.1) is 24.0 Å². The topological polar surface area (TPSA) is 79.8 Å². The average molecular weight is 511 g/mol. The lowest BCUT2D eigenvalue weighted by Crippen LogP contribution is -2.42. The Morgan fingerprint density at radius 3 is 2.48 bits per heavy atom. The molecule has 0 bridgehead atoms. The maximum atomic E-state index is 11.3. The van der Waals surface area contributed by atoms with Crippen molar-refractivity contribution in [2.24, 2.45) is 10.9 Å². The van der Waals surface area contributed by atoms with Crippen molar-refractivity contribution in [3.63, 3.8) is 0 Å². The number of aliphatic imine (C=N–C) groups is 1. The van der Waals surface area contributed by atoms with E-state index in [1.54, 1.807) is 0 Å². The van der Waals surface area contributed by atoms with Gasteiger partial charge in [-0.05, 0) is 32.3 Å². The zero-order valence-corrected chi connectivity index (χ0v) is 20.1. The molecule has 8 heteroatoms. The summed E-state index contributed by atoms with van der Waals surface area (Å²) in [5.74, 6) is 2.14. The van der Waals surface area contributed by atoms with Crippen molar-refractivity contribution >= 4 is 39.8 Å². The Morgan fingerprint density at radius 1 is 1.22 bits per heavy atom. The van der Waals surface area contributed by atoms with Crippen LogP contribution in [0.25, 0.3) is 0 Å². The van der Waals surface area contributed by atoms with Gasteiger partial charge in [-0.2, -0.15) is 0 Å². The van der Waals surface area contributed by atoms with E-state index in [1.807, 2.05) is 38.1 Å². The first-order valence-corrected chi connectivity index (χ1v) is 11.2. The van der Waals surface area contributed by atoms with Crippen molar-refractivity contribution in [3.05, 3.63) is 29.8 Å². The van der Waals surface area contributed by atoms with Gasteiger partial charge >= 0.3 is 0 Å². The SMILES string of the molecule is CCNC(=NCc1ccccc1OCC(C)C)NC(C)CCS(C)(=O)=O.I. The highest BCUT2D eigenvalue weighted by Crippen LogP contribution is 2.19. The second-order valence-corrected chi connectivity index (χ2v) is 9.23. The molecule has 0 aromatic heterocycles. The number of rotatable bonds is 10. The summed E-state index contributed by atoms with van der Waals surface area (Å²) in [6.45, 7) is 10.1. The Kier molecular flexibility index (Phi) is 12.7. The average Bonchev–Trinajstić information content (AvgIpc) is 2.56. The molecule has 1 rings (SSSR count). The number of sulfone groups is 1. The van der Waals surface area contributed by atoms with Crippen molar-refractivity contribution in [3.8, 4) is 5.75 Å². The van der Waals surface area contributed by atoms with E-state index in [4.69, 9.17) is 4.74 Å². The second kappa shape index (κ2) is 13.2. The highest BCUT2D eigenvalue weighted by Gasteiger charge is 2.10. The van der Waals surface area contributed by atoms with Crippen LogP contribution in [0, 0.1) is 5.92 Å². The predicted molar refractivity (Wildman–Crippen MR) is 124 cm³/mol. The van der Waals surface area contributed by atoms with Crippen LogP contribution in [0.2, 0.25) is 0 Å². The smallest absolute Gasteiger partial charge is 0.191 e. The van der Waals surface area contributed by atoms with Gasteiger partial charge in [0.2, 0.25) is 0 Å². The third-order valence-corrected chi connectivity index (χ3v) is 4.58. The minimum Gasteiger partial charge on any atom is -0.493 e. The Morgan fingerprint density at radius 2 is 1.89 bits per heavy atom. The monoisotopic (exact) mass is 511 g/mol. The van der Waals surface area contributed by atoms with Gasteiger partial charge in [-0.25, -0.2) is 13.4 Å². The molecule has 0 saturated carbocycles. The zero-order valence-electron chi connectivity index (χ0n) is 17.0. The second-order valence-electron chi connectivity index (χ2n) is 6.97. The van der Waals surface area contributed by atoms with Crippen molar-refractivity contribution in [2.45, 2.75) is 46.7 Å². The van der Waals surface area contributed by atoms with Gasteiger partial charge < -0.3 is 15.4 Å². The molecular weight excluding hydrogens is 477 g/mol. The molecule has 1 unspecified atom stereocenters. The summed E-state index contributed by atoms with van der Waals surface area (Å²) in [7, 11) is -2.96. The number of benzene rings is 1. The Labute approximate surface area is 181 Å². The van der Waals surface area contributed by atoms with E-state index in [1.165, 1.54) is 6.26 Å². The minimum absolute atomic E-state index is 0. The van der Waals surface area contributed by atoms with Crippen molar-refractivity contribution < 1.29 is 13.2 Å². The van der Waals surface area contributed by atoms with Crippen LogP contribution in [0.1, 0.15) is 39.7 Å². The van der Waals surface area contributed by atoms with Crippen LogP contribution in [0.15, 0.2) is 29.3 Å². The molecule has 0 aliphatic heterocycles. The molecule has 0 spiro atoms. The first-order chi connectivity index (χ1) is 12.2. The molecule has 0 fully saturated rings. The fourth-order valence-corrected chi connectivity index (χ4v) is 2.99. The molecule has 0 aliphatic rings. The normalized spacial score (nSPS) is 13.0. The van der Waals surface area contributed by atoms with E-state index in [0.29, 0.717) is 31.4 Å². The van der Waals surface area contributed by atoms with Crippen LogP contribution in [-0.2, 0) is 16.4 Å². The van der Waals surface area contributed by atoms with Crippen LogP contribution in [0.4, 0.5) is 0 Å². The van der Waals surface area contributed by atoms with Gasteiger partial charge in [-0.1, -0.05) is 32.0 Å². The molecule has 0 aliphatic carbocycles. The first-order valence-electron chi connectivity index (χ1n) is 9.14. The molecule has 1 aromatic carbocycles. The molecule has 0 heterocycles. The quantitative estimate of drug-likeness (QED) is 0.287. The predicted octanol–water partition coefficient (Wildman–Crippen LogP) is 3.22. The summed E-state index contributed by atoms with van der Waals surface area (Å²) >= 11 is 0. The number of guanidine groups is 1. The molecule has 2 N–H and O–H groups in total. The molecule has 27 heavy (non-hydrogen) atoms. The third kappa shape index (κ3) is 12.1. The lowest BCUT2D eigenvalue weighted by Gasteiger charge is -2.18. The minimum atomic E-state index is -2.96. The largest absolute Gasteiger partial charge is 0.493 e.